The molecule has 0 bridgehead atoms. The molecule has 1 N–H and O–H groups in total. The van der Waals surface area contributed by atoms with Gasteiger partial charge < -0.3 is 0 Å². The summed E-state index contributed by atoms with van der Waals surface area (Å²) in [6, 6.07) is 1.85. The minimum absolute atomic E-state index is 0.250. The fourth-order valence-electron chi connectivity index (χ4n) is 2.96. The van der Waals surface area contributed by atoms with Crippen molar-refractivity contribution in [3.8, 4) is 11.4 Å². The molecule has 2 aromatic heterocycles. The molecule has 0 radical (unpaired) electrons. The van der Waals surface area contributed by atoms with Gasteiger partial charge in [-0.3, -0.25) is 10.1 Å². The molecule has 0 unspecified atom stereocenters. The van der Waals surface area contributed by atoms with Crippen LogP contribution in [-0.4, -0.2) is 64.4 Å². The van der Waals surface area contributed by atoms with Crippen LogP contribution >= 0.6 is 0 Å². The molecular formula is C15H22N6O2S. The monoisotopic (exact) mass is 350 g/mol. The van der Waals surface area contributed by atoms with E-state index in [-0.39, 0.29) is 5.92 Å². The predicted octanol–water partition coefficient (Wildman–Crippen LogP) is 0.928. The van der Waals surface area contributed by atoms with E-state index in [0.29, 0.717) is 19.5 Å². The molecule has 0 spiro atoms. The number of nitrogens with zero attached hydrogens (tertiary/aromatic N) is 5. The third kappa shape index (κ3) is 3.63. The Morgan fingerprint density at radius 1 is 1.38 bits per heavy atom. The second-order valence-corrected chi connectivity index (χ2v) is 8.37. The van der Waals surface area contributed by atoms with Crippen molar-refractivity contribution in [1.82, 2.24) is 28.8 Å². The lowest BCUT2D eigenvalue weighted by Gasteiger charge is -2.33. The van der Waals surface area contributed by atoms with Gasteiger partial charge in [-0.2, -0.15) is 22.1 Å². The van der Waals surface area contributed by atoms with Gasteiger partial charge in [0.15, 0.2) is 0 Å². The molecule has 0 aliphatic carbocycles. The molecule has 1 aliphatic heterocycles. The van der Waals surface area contributed by atoms with Gasteiger partial charge in [-0.1, -0.05) is 0 Å². The highest BCUT2D eigenvalue weighted by atomic mass is 32.2. The van der Waals surface area contributed by atoms with E-state index in [9.17, 15) is 8.42 Å². The average molecular weight is 350 g/mol. The van der Waals surface area contributed by atoms with Gasteiger partial charge in [-0.05, 0) is 31.2 Å². The van der Waals surface area contributed by atoms with Crippen LogP contribution in [0.3, 0.4) is 0 Å². The van der Waals surface area contributed by atoms with Crippen molar-refractivity contribution in [2.45, 2.75) is 19.3 Å². The van der Waals surface area contributed by atoms with Crippen LogP contribution in [0.15, 0.2) is 24.7 Å². The quantitative estimate of drug-likeness (QED) is 0.865. The van der Waals surface area contributed by atoms with Crippen LogP contribution in [0.2, 0.25) is 0 Å². The number of H-pyrrole nitrogens is 1. The predicted molar refractivity (Wildman–Crippen MR) is 90.2 cm³/mol. The van der Waals surface area contributed by atoms with E-state index in [1.165, 1.54) is 4.31 Å². The maximum Gasteiger partial charge on any atom is 0.281 e. The number of aromatic amines is 1. The molecule has 0 saturated carbocycles. The Morgan fingerprint density at radius 3 is 2.92 bits per heavy atom. The SMILES string of the molecule is CN(C)S(=O)(=O)N1CCC[C@@H](Cc2cncc(-c3ccn[nH]3)n2)C1. The number of piperidine rings is 1. The Labute approximate surface area is 142 Å². The van der Waals surface area contributed by atoms with Crippen molar-refractivity contribution >= 4 is 10.2 Å². The van der Waals surface area contributed by atoms with Gasteiger partial charge >= 0.3 is 0 Å². The molecule has 1 aliphatic rings. The maximum atomic E-state index is 12.3. The number of nitrogens with one attached hydrogen (secondary N) is 1. The second kappa shape index (κ2) is 6.96. The van der Waals surface area contributed by atoms with Gasteiger partial charge in [0.05, 0.1) is 17.6 Å². The van der Waals surface area contributed by atoms with Gasteiger partial charge in [0, 0.05) is 39.6 Å². The van der Waals surface area contributed by atoms with Crippen molar-refractivity contribution in [2.75, 3.05) is 27.2 Å². The van der Waals surface area contributed by atoms with Crippen LogP contribution in [0.5, 0.6) is 0 Å². The molecular weight excluding hydrogens is 328 g/mol. The smallest absolute Gasteiger partial charge is 0.276 e. The van der Waals surface area contributed by atoms with E-state index in [1.54, 1.807) is 37.0 Å². The van der Waals surface area contributed by atoms with Crippen LogP contribution in [0.25, 0.3) is 11.4 Å². The van der Waals surface area contributed by atoms with Crippen molar-refractivity contribution < 1.29 is 8.42 Å². The molecule has 8 nitrogen and oxygen atoms in total. The van der Waals surface area contributed by atoms with Gasteiger partial charge in [0.1, 0.15) is 5.69 Å². The van der Waals surface area contributed by atoms with E-state index in [1.807, 2.05) is 6.07 Å². The van der Waals surface area contributed by atoms with Crippen molar-refractivity contribution in [3.63, 3.8) is 0 Å². The van der Waals surface area contributed by atoms with Gasteiger partial charge in [-0.25, -0.2) is 4.98 Å². The third-order valence-corrected chi connectivity index (χ3v) is 6.14. The molecule has 2 aromatic rings. The first-order valence-electron chi connectivity index (χ1n) is 7.95. The Bertz CT molecular complexity index is 775. The zero-order valence-corrected chi connectivity index (χ0v) is 14.7. The highest BCUT2D eigenvalue weighted by molar-refractivity contribution is 7.86. The fourth-order valence-corrected chi connectivity index (χ4v) is 4.18. The van der Waals surface area contributed by atoms with Gasteiger partial charge in [0.2, 0.25) is 0 Å². The number of aromatic nitrogens is 4. The summed E-state index contributed by atoms with van der Waals surface area (Å²) in [4.78, 5) is 8.87. The molecule has 1 fully saturated rings. The van der Waals surface area contributed by atoms with Crippen LogP contribution in [-0.2, 0) is 16.6 Å². The molecule has 1 saturated heterocycles. The molecule has 1 atom stereocenters. The average Bonchev–Trinajstić information content (AvgIpc) is 3.10. The van der Waals surface area contributed by atoms with E-state index < -0.39 is 10.2 Å². The van der Waals surface area contributed by atoms with Crippen molar-refractivity contribution in [2.24, 2.45) is 5.92 Å². The number of hydrogen-bond donors (Lipinski definition) is 1. The summed E-state index contributed by atoms with van der Waals surface area (Å²) in [6.45, 7) is 1.10. The first-order chi connectivity index (χ1) is 11.5. The largest absolute Gasteiger partial charge is 0.281 e. The lowest BCUT2D eigenvalue weighted by atomic mass is 9.95. The second-order valence-electron chi connectivity index (χ2n) is 6.23. The third-order valence-electron chi connectivity index (χ3n) is 4.23. The van der Waals surface area contributed by atoms with E-state index >= 15 is 0 Å². The zero-order chi connectivity index (χ0) is 17.2. The summed E-state index contributed by atoms with van der Waals surface area (Å²) in [5.74, 6) is 0.250. The summed E-state index contributed by atoms with van der Waals surface area (Å²) >= 11 is 0. The minimum atomic E-state index is -3.35. The van der Waals surface area contributed by atoms with Crippen LogP contribution in [0, 0.1) is 5.92 Å². The first-order valence-corrected chi connectivity index (χ1v) is 9.35. The maximum absolute atomic E-state index is 12.3. The molecule has 0 amide bonds. The Hall–Kier alpha value is -1.84. The van der Waals surface area contributed by atoms with Crippen molar-refractivity contribution in [1.29, 1.82) is 0 Å². The van der Waals surface area contributed by atoms with E-state index in [2.05, 4.69) is 20.2 Å². The van der Waals surface area contributed by atoms with Crippen LogP contribution in [0.4, 0.5) is 0 Å². The molecule has 130 valence electrons. The molecule has 3 rings (SSSR count). The van der Waals surface area contributed by atoms with Crippen LogP contribution < -0.4 is 0 Å². The zero-order valence-electron chi connectivity index (χ0n) is 13.9. The number of hydrogen-bond acceptors (Lipinski definition) is 5. The van der Waals surface area contributed by atoms with E-state index in [0.717, 1.165) is 29.9 Å². The highest BCUT2D eigenvalue weighted by Gasteiger charge is 2.30. The standard InChI is InChI=1S/C15H22N6O2S/c1-20(2)24(22,23)21-7-3-4-12(11-21)8-13-9-16-10-15(18-13)14-5-6-17-19-14/h5-6,9-10,12H,3-4,7-8,11H2,1-2H3,(H,17,19)/t12-/m0/s1. The molecule has 3 heterocycles. The van der Waals surface area contributed by atoms with E-state index in [4.69, 9.17) is 0 Å². The number of rotatable bonds is 5. The summed E-state index contributed by atoms with van der Waals surface area (Å²) < 4.78 is 27.4. The molecule has 9 heteroatoms. The molecule has 24 heavy (non-hydrogen) atoms. The summed E-state index contributed by atoms with van der Waals surface area (Å²) in [6.07, 6.45) is 7.70. The van der Waals surface area contributed by atoms with Crippen LogP contribution in [0.1, 0.15) is 18.5 Å². The highest BCUT2D eigenvalue weighted by Crippen LogP contribution is 2.23. The lowest BCUT2D eigenvalue weighted by Crippen LogP contribution is -2.45. The normalized spacial score (nSPS) is 19.7. The summed E-state index contributed by atoms with van der Waals surface area (Å²) in [5, 5.41) is 6.80. The summed E-state index contributed by atoms with van der Waals surface area (Å²) in [7, 11) is -0.216. The fraction of sp³-hybridized carbons (Fsp3) is 0.533. The lowest BCUT2D eigenvalue weighted by molar-refractivity contribution is 0.253. The van der Waals surface area contributed by atoms with Crippen molar-refractivity contribution in [3.05, 3.63) is 30.4 Å². The molecule has 0 aromatic carbocycles. The minimum Gasteiger partial charge on any atom is -0.276 e. The van der Waals surface area contributed by atoms with Gasteiger partial charge in [-0.15, -0.1) is 0 Å². The Kier molecular flexibility index (Phi) is 4.93. The topological polar surface area (TPSA) is 95.1 Å². The Morgan fingerprint density at radius 2 is 2.21 bits per heavy atom. The summed E-state index contributed by atoms with van der Waals surface area (Å²) in [5.41, 5.74) is 2.44. The van der Waals surface area contributed by atoms with Gasteiger partial charge in [0.25, 0.3) is 10.2 Å². The first kappa shape index (κ1) is 17.0. The Balaban J connectivity index is 1.71.